The highest BCUT2D eigenvalue weighted by atomic mass is 35.5. The molecule has 1 heteroatoms. The Morgan fingerprint density at radius 1 is 1.30 bits per heavy atom. The summed E-state index contributed by atoms with van der Waals surface area (Å²) in [4.78, 5) is 0. The summed E-state index contributed by atoms with van der Waals surface area (Å²) in [5, 5.41) is 0.134. The van der Waals surface area contributed by atoms with Gasteiger partial charge >= 0.3 is 0 Å². The van der Waals surface area contributed by atoms with E-state index < -0.39 is 0 Å². The summed E-state index contributed by atoms with van der Waals surface area (Å²) in [6.07, 6.45) is 4.05. The molecule has 0 aliphatic carbocycles. The summed E-state index contributed by atoms with van der Waals surface area (Å²) < 4.78 is 0. The Hall–Kier alpha value is -0.230. The minimum Gasteiger partial charge on any atom is -0.119 e. The molecule has 0 nitrogen and oxygen atoms in total. The molecule has 0 heterocycles. The van der Waals surface area contributed by atoms with Crippen molar-refractivity contribution < 1.29 is 0 Å². The first-order chi connectivity index (χ1) is 4.54. The van der Waals surface area contributed by atoms with Crippen LogP contribution in [0.25, 0.3) is 0 Å². The summed E-state index contributed by atoms with van der Waals surface area (Å²) in [6.45, 7) is 8.23. The van der Waals surface area contributed by atoms with Crippen LogP contribution in [0.5, 0.6) is 0 Å². The second-order valence-corrected chi connectivity index (χ2v) is 3.41. The van der Waals surface area contributed by atoms with Crippen LogP contribution in [0.3, 0.4) is 0 Å². The van der Waals surface area contributed by atoms with Gasteiger partial charge in [-0.25, -0.2) is 0 Å². The van der Waals surface area contributed by atoms with Gasteiger partial charge in [0.1, 0.15) is 0 Å². The maximum Gasteiger partial charge on any atom is 0.0490 e. The van der Waals surface area contributed by atoms with Gasteiger partial charge in [0.2, 0.25) is 0 Å². The van der Waals surface area contributed by atoms with Crippen LogP contribution in [0.2, 0.25) is 0 Å². The lowest BCUT2D eigenvalue weighted by atomic mass is 10.1. The van der Waals surface area contributed by atoms with Gasteiger partial charge in [-0.3, -0.25) is 0 Å². The molecule has 0 radical (unpaired) electrons. The first-order valence-electron chi connectivity index (χ1n) is 3.50. The minimum absolute atomic E-state index is 0.134. The quantitative estimate of drug-likeness (QED) is 0.426. The van der Waals surface area contributed by atoms with Gasteiger partial charge in [-0.1, -0.05) is 23.3 Å². The zero-order chi connectivity index (χ0) is 8.15. The number of hydrogen-bond donors (Lipinski definition) is 0. The molecule has 0 aromatic heterocycles. The molecule has 0 aromatic rings. The Kier molecular flexibility index (Phi) is 4.46. The zero-order valence-corrected chi connectivity index (χ0v) is 7.87. The first kappa shape index (κ1) is 9.77. The number of alkyl halides is 1. The Morgan fingerprint density at radius 3 is 2.10 bits per heavy atom. The van der Waals surface area contributed by atoms with Crippen LogP contribution in [-0.2, 0) is 0 Å². The topological polar surface area (TPSA) is 0 Å². The fraction of sp³-hybridized carbons (Fsp3) is 0.556. The lowest BCUT2D eigenvalue weighted by Gasteiger charge is -1.95. The average Bonchev–Trinajstić information content (AvgIpc) is 1.82. The second kappa shape index (κ2) is 4.56. The molecule has 0 aliphatic heterocycles. The SMILES string of the molecule is CC(C)=C(C)C=CC(C)Cl. The van der Waals surface area contributed by atoms with Gasteiger partial charge in [0.05, 0.1) is 0 Å². The molecular weight excluding hydrogens is 144 g/mol. The van der Waals surface area contributed by atoms with Gasteiger partial charge < -0.3 is 0 Å². The average molecular weight is 159 g/mol. The first-order valence-corrected chi connectivity index (χ1v) is 3.94. The normalized spacial score (nSPS) is 13.7. The van der Waals surface area contributed by atoms with E-state index in [9.17, 15) is 0 Å². The predicted octanol–water partition coefficient (Wildman–Crippen LogP) is 3.53. The van der Waals surface area contributed by atoms with Crippen molar-refractivity contribution in [1.29, 1.82) is 0 Å². The number of rotatable bonds is 2. The minimum atomic E-state index is 0.134. The molecule has 0 saturated heterocycles. The van der Waals surface area contributed by atoms with Crippen molar-refractivity contribution in [3.05, 3.63) is 23.3 Å². The van der Waals surface area contributed by atoms with Crippen molar-refractivity contribution in [3.63, 3.8) is 0 Å². The van der Waals surface area contributed by atoms with E-state index >= 15 is 0 Å². The summed E-state index contributed by atoms with van der Waals surface area (Å²) in [5.41, 5.74) is 2.64. The fourth-order valence-electron chi connectivity index (χ4n) is 0.444. The summed E-state index contributed by atoms with van der Waals surface area (Å²) >= 11 is 5.72. The van der Waals surface area contributed by atoms with E-state index in [2.05, 4.69) is 26.8 Å². The lowest BCUT2D eigenvalue weighted by Crippen LogP contribution is -1.82. The molecule has 0 fully saturated rings. The highest BCUT2D eigenvalue weighted by molar-refractivity contribution is 6.21. The van der Waals surface area contributed by atoms with Crippen LogP contribution in [0.1, 0.15) is 27.7 Å². The van der Waals surface area contributed by atoms with E-state index in [1.54, 1.807) is 0 Å². The van der Waals surface area contributed by atoms with Gasteiger partial charge in [-0.2, -0.15) is 0 Å². The van der Waals surface area contributed by atoms with E-state index in [0.29, 0.717) is 0 Å². The van der Waals surface area contributed by atoms with Crippen molar-refractivity contribution in [2.24, 2.45) is 0 Å². The van der Waals surface area contributed by atoms with Gasteiger partial charge in [0.15, 0.2) is 0 Å². The van der Waals surface area contributed by atoms with Gasteiger partial charge in [-0.15, -0.1) is 11.6 Å². The molecule has 10 heavy (non-hydrogen) atoms. The Bertz CT molecular complexity index is 148. The lowest BCUT2D eigenvalue weighted by molar-refractivity contribution is 1.21. The molecule has 0 bridgehead atoms. The fourth-order valence-corrected chi connectivity index (χ4v) is 0.516. The maximum absolute atomic E-state index is 5.72. The summed E-state index contributed by atoms with van der Waals surface area (Å²) in [7, 11) is 0. The molecule has 1 unspecified atom stereocenters. The number of hydrogen-bond acceptors (Lipinski definition) is 0. The van der Waals surface area contributed by atoms with Crippen LogP contribution in [-0.4, -0.2) is 5.38 Å². The van der Waals surface area contributed by atoms with Crippen molar-refractivity contribution in [3.8, 4) is 0 Å². The van der Waals surface area contributed by atoms with Gasteiger partial charge in [-0.05, 0) is 27.7 Å². The third-order valence-corrected chi connectivity index (χ3v) is 1.55. The van der Waals surface area contributed by atoms with E-state index in [0.717, 1.165) is 0 Å². The summed E-state index contributed by atoms with van der Waals surface area (Å²) in [5.74, 6) is 0. The molecule has 58 valence electrons. The molecule has 0 aromatic carbocycles. The van der Waals surface area contributed by atoms with Crippen LogP contribution in [0, 0.1) is 0 Å². The second-order valence-electron chi connectivity index (χ2n) is 2.72. The summed E-state index contributed by atoms with van der Waals surface area (Å²) in [6, 6.07) is 0. The molecule has 0 rings (SSSR count). The number of halogens is 1. The standard InChI is InChI=1S/C9H15Cl/c1-7(2)8(3)5-6-9(4)10/h5-6,9H,1-4H3. The van der Waals surface area contributed by atoms with Crippen LogP contribution in [0.4, 0.5) is 0 Å². The van der Waals surface area contributed by atoms with Crippen molar-refractivity contribution in [2.75, 3.05) is 0 Å². The van der Waals surface area contributed by atoms with Crippen LogP contribution < -0.4 is 0 Å². The van der Waals surface area contributed by atoms with E-state index in [4.69, 9.17) is 11.6 Å². The molecule has 1 atom stereocenters. The molecule has 0 saturated carbocycles. The van der Waals surface area contributed by atoms with Crippen LogP contribution >= 0.6 is 11.6 Å². The van der Waals surface area contributed by atoms with E-state index in [1.807, 2.05) is 13.0 Å². The molecule has 0 amide bonds. The highest BCUT2D eigenvalue weighted by Crippen LogP contribution is 2.05. The van der Waals surface area contributed by atoms with Crippen molar-refractivity contribution >= 4 is 11.6 Å². The zero-order valence-electron chi connectivity index (χ0n) is 7.11. The highest BCUT2D eigenvalue weighted by Gasteiger charge is 1.87. The Morgan fingerprint density at radius 2 is 1.80 bits per heavy atom. The number of allylic oxidation sites excluding steroid dienone is 4. The van der Waals surface area contributed by atoms with Crippen molar-refractivity contribution in [1.82, 2.24) is 0 Å². The maximum atomic E-state index is 5.72. The largest absolute Gasteiger partial charge is 0.119 e. The Labute approximate surface area is 68.6 Å². The van der Waals surface area contributed by atoms with Gasteiger partial charge in [0, 0.05) is 5.38 Å². The smallest absolute Gasteiger partial charge is 0.0490 e. The van der Waals surface area contributed by atoms with Crippen molar-refractivity contribution in [2.45, 2.75) is 33.1 Å². The third kappa shape index (κ3) is 4.63. The molecular formula is C9H15Cl. The molecule has 0 spiro atoms. The molecule has 0 N–H and O–H groups in total. The van der Waals surface area contributed by atoms with E-state index in [1.165, 1.54) is 11.1 Å². The van der Waals surface area contributed by atoms with Crippen LogP contribution in [0.15, 0.2) is 23.3 Å². The Balaban J connectivity index is 4.03. The predicted molar refractivity (Wildman–Crippen MR) is 48.5 cm³/mol. The third-order valence-electron chi connectivity index (χ3n) is 1.40. The molecule has 0 aliphatic rings. The van der Waals surface area contributed by atoms with E-state index in [-0.39, 0.29) is 5.38 Å². The van der Waals surface area contributed by atoms with Gasteiger partial charge in [0.25, 0.3) is 0 Å². The monoisotopic (exact) mass is 158 g/mol.